The average molecular weight is 252 g/mol. The van der Waals surface area contributed by atoms with Crippen molar-refractivity contribution in [1.29, 1.82) is 0 Å². The van der Waals surface area contributed by atoms with Gasteiger partial charge in [-0.1, -0.05) is 0 Å². The Labute approximate surface area is 93.6 Å². The first-order valence-corrected chi connectivity index (χ1v) is 4.54. The summed E-state index contributed by atoms with van der Waals surface area (Å²) in [4.78, 5) is 10.7. The summed E-state index contributed by atoms with van der Waals surface area (Å²) in [6, 6.07) is 1.24. The van der Waals surface area contributed by atoms with Gasteiger partial charge in [0.25, 0.3) is 0 Å². The van der Waals surface area contributed by atoms with E-state index in [-0.39, 0.29) is 6.61 Å². The molecule has 0 radical (unpaired) electrons. The molecule has 0 amide bonds. The van der Waals surface area contributed by atoms with Crippen LogP contribution in [0.4, 0.5) is 17.6 Å². The lowest BCUT2D eigenvalue weighted by atomic mass is 10.1. The molecule has 1 aromatic carbocycles. The topological polar surface area (TPSA) is 46.5 Å². The van der Waals surface area contributed by atoms with Crippen LogP contribution in [0.5, 0.6) is 5.75 Å². The first-order chi connectivity index (χ1) is 7.79. The third-order valence-electron chi connectivity index (χ3n) is 1.93. The quantitative estimate of drug-likeness (QED) is 0.841. The predicted octanol–water partition coefficient (Wildman–Crippen LogP) is 2.94. The molecule has 0 atom stereocenters. The number of halogens is 4. The number of carbonyl (C=O) groups is 1. The van der Waals surface area contributed by atoms with Crippen LogP contribution in [0.2, 0.25) is 0 Å². The first kappa shape index (κ1) is 13.3. The Morgan fingerprint density at radius 2 is 2.00 bits per heavy atom. The van der Waals surface area contributed by atoms with Crippen LogP contribution in [0.1, 0.15) is 22.8 Å². The molecule has 17 heavy (non-hydrogen) atoms. The van der Waals surface area contributed by atoms with Crippen molar-refractivity contribution in [2.45, 2.75) is 13.1 Å². The van der Waals surface area contributed by atoms with Crippen molar-refractivity contribution in [3.05, 3.63) is 29.1 Å². The van der Waals surface area contributed by atoms with Crippen molar-refractivity contribution in [2.75, 3.05) is 6.61 Å². The summed E-state index contributed by atoms with van der Waals surface area (Å²) in [7, 11) is 0. The van der Waals surface area contributed by atoms with E-state index in [9.17, 15) is 22.4 Å². The molecule has 3 nitrogen and oxygen atoms in total. The summed E-state index contributed by atoms with van der Waals surface area (Å²) in [5.41, 5.74) is -2.96. The molecule has 94 valence electrons. The summed E-state index contributed by atoms with van der Waals surface area (Å²) in [5, 5.41) is 8.61. The van der Waals surface area contributed by atoms with Gasteiger partial charge in [0.05, 0.1) is 12.2 Å². The molecule has 1 N–H and O–H groups in total. The van der Waals surface area contributed by atoms with E-state index < -0.39 is 34.8 Å². The monoisotopic (exact) mass is 252 g/mol. The fourth-order valence-electron chi connectivity index (χ4n) is 1.27. The van der Waals surface area contributed by atoms with Gasteiger partial charge in [0.2, 0.25) is 0 Å². The highest BCUT2D eigenvalue weighted by atomic mass is 19.4. The van der Waals surface area contributed by atoms with Gasteiger partial charge in [0.15, 0.2) is 11.6 Å². The molecule has 0 aliphatic rings. The third kappa shape index (κ3) is 2.66. The molecular weight excluding hydrogens is 244 g/mol. The zero-order valence-corrected chi connectivity index (χ0v) is 8.64. The van der Waals surface area contributed by atoms with Gasteiger partial charge in [-0.2, -0.15) is 13.2 Å². The maximum atomic E-state index is 13.5. The Morgan fingerprint density at radius 1 is 1.41 bits per heavy atom. The summed E-state index contributed by atoms with van der Waals surface area (Å²) in [6.07, 6.45) is -4.93. The maximum Gasteiger partial charge on any atom is 0.417 e. The van der Waals surface area contributed by atoms with Crippen LogP contribution < -0.4 is 4.74 Å². The normalized spacial score (nSPS) is 11.4. The minimum absolute atomic E-state index is 0.0152. The molecular formula is C10H8F4O3. The second-order valence-electron chi connectivity index (χ2n) is 3.04. The van der Waals surface area contributed by atoms with Gasteiger partial charge in [-0.05, 0) is 19.1 Å². The molecule has 7 heteroatoms. The van der Waals surface area contributed by atoms with Crippen molar-refractivity contribution in [3.63, 3.8) is 0 Å². The van der Waals surface area contributed by atoms with E-state index in [0.717, 1.165) is 6.07 Å². The van der Waals surface area contributed by atoms with Crippen molar-refractivity contribution in [2.24, 2.45) is 0 Å². The Bertz CT molecular complexity index is 440. The molecule has 0 bridgehead atoms. The Hall–Kier alpha value is -1.79. The van der Waals surface area contributed by atoms with Gasteiger partial charge in [-0.3, -0.25) is 0 Å². The highest BCUT2D eigenvalue weighted by Crippen LogP contribution is 2.35. The fourth-order valence-corrected chi connectivity index (χ4v) is 1.27. The van der Waals surface area contributed by atoms with Crippen LogP contribution in [0.3, 0.4) is 0 Å². The molecule has 1 aromatic rings. The largest absolute Gasteiger partial charge is 0.491 e. The lowest BCUT2D eigenvalue weighted by Crippen LogP contribution is -2.15. The molecule has 0 heterocycles. The second kappa shape index (κ2) is 4.60. The van der Waals surface area contributed by atoms with Gasteiger partial charge >= 0.3 is 12.1 Å². The highest BCUT2D eigenvalue weighted by Gasteiger charge is 2.38. The van der Waals surface area contributed by atoms with E-state index in [1.807, 2.05) is 0 Å². The van der Waals surface area contributed by atoms with E-state index in [0.29, 0.717) is 6.07 Å². The average Bonchev–Trinajstić information content (AvgIpc) is 2.18. The van der Waals surface area contributed by atoms with E-state index in [1.54, 1.807) is 0 Å². The lowest BCUT2D eigenvalue weighted by molar-refractivity contribution is -0.138. The smallest absolute Gasteiger partial charge is 0.417 e. The highest BCUT2D eigenvalue weighted by molar-refractivity contribution is 5.90. The fraction of sp³-hybridized carbons (Fsp3) is 0.300. The summed E-state index contributed by atoms with van der Waals surface area (Å²) in [5.74, 6) is -4.02. The van der Waals surface area contributed by atoms with Crippen molar-refractivity contribution >= 4 is 5.97 Å². The van der Waals surface area contributed by atoms with Crippen LogP contribution in [0.15, 0.2) is 12.1 Å². The van der Waals surface area contributed by atoms with Crippen molar-refractivity contribution in [3.8, 4) is 5.75 Å². The minimum atomic E-state index is -4.93. The zero-order valence-electron chi connectivity index (χ0n) is 8.64. The van der Waals surface area contributed by atoms with Crippen molar-refractivity contribution < 1.29 is 32.2 Å². The standard InChI is InChI=1S/C10H8F4O3/c1-2-17-6-4-3-5(10(12,13)14)7(8(6)11)9(15)16/h3-4H,2H2,1H3,(H,15,16). The van der Waals surface area contributed by atoms with Crippen LogP contribution in [-0.2, 0) is 6.18 Å². The molecule has 0 aromatic heterocycles. The van der Waals surface area contributed by atoms with Gasteiger partial charge in [-0.25, -0.2) is 9.18 Å². The number of aromatic carboxylic acids is 1. The van der Waals surface area contributed by atoms with Crippen LogP contribution in [-0.4, -0.2) is 17.7 Å². The lowest BCUT2D eigenvalue weighted by Gasteiger charge is -2.13. The molecule has 0 saturated heterocycles. The summed E-state index contributed by atoms with van der Waals surface area (Å²) in [6.45, 7) is 1.51. The Kier molecular flexibility index (Phi) is 3.59. The Balaban J connectivity index is 3.45. The number of rotatable bonds is 3. The zero-order chi connectivity index (χ0) is 13.2. The van der Waals surface area contributed by atoms with Gasteiger partial charge in [0, 0.05) is 0 Å². The molecule has 0 saturated carbocycles. The van der Waals surface area contributed by atoms with Crippen LogP contribution >= 0.6 is 0 Å². The minimum Gasteiger partial charge on any atom is -0.491 e. The molecule has 0 aliphatic carbocycles. The summed E-state index contributed by atoms with van der Waals surface area (Å²) < 4.78 is 55.5. The van der Waals surface area contributed by atoms with E-state index in [1.165, 1.54) is 6.92 Å². The number of alkyl halides is 3. The SMILES string of the molecule is CCOc1ccc(C(F)(F)F)c(C(=O)O)c1F. The molecule has 0 unspecified atom stereocenters. The van der Waals surface area contributed by atoms with Crippen molar-refractivity contribution in [1.82, 2.24) is 0 Å². The summed E-state index contributed by atoms with van der Waals surface area (Å²) >= 11 is 0. The number of ether oxygens (including phenoxy) is 1. The number of carboxylic acid groups (broad SMARTS) is 1. The van der Waals surface area contributed by atoms with Gasteiger partial charge < -0.3 is 9.84 Å². The molecule has 1 rings (SSSR count). The van der Waals surface area contributed by atoms with Crippen LogP contribution in [0.25, 0.3) is 0 Å². The second-order valence-corrected chi connectivity index (χ2v) is 3.04. The Morgan fingerprint density at radius 3 is 2.41 bits per heavy atom. The van der Waals surface area contributed by atoms with E-state index in [4.69, 9.17) is 5.11 Å². The number of carboxylic acids is 1. The van der Waals surface area contributed by atoms with E-state index in [2.05, 4.69) is 4.74 Å². The predicted molar refractivity (Wildman–Crippen MR) is 49.5 cm³/mol. The first-order valence-electron chi connectivity index (χ1n) is 4.54. The van der Waals surface area contributed by atoms with Crippen LogP contribution in [0, 0.1) is 5.82 Å². The molecule has 0 fully saturated rings. The third-order valence-corrected chi connectivity index (χ3v) is 1.93. The molecule has 0 aliphatic heterocycles. The number of hydrogen-bond acceptors (Lipinski definition) is 2. The van der Waals surface area contributed by atoms with Gasteiger partial charge in [0.1, 0.15) is 5.56 Å². The van der Waals surface area contributed by atoms with E-state index >= 15 is 0 Å². The van der Waals surface area contributed by atoms with Gasteiger partial charge in [-0.15, -0.1) is 0 Å². The number of benzene rings is 1. The maximum absolute atomic E-state index is 13.5. The molecule has 0 spiro atoms. The number of hydrogen-bond donors (Lipinski definition) is 1.